The first-order valence-corrected chi connectivity index (χ1v) is 3.69. The maximum atomic E-state index is 10.6. The quantitative estimate of drug-likeness (QED) is 0.452. The van der Waals surface area contributed by atoms with Crippen molar-refractivity contribution in [3.63, 3.8) is 0 Å². The van der Waals surface area contributed by atoms with Gasteiger partial charge in [0.2, 0.25) is 5.91 Å². The molecule has 0 aromatic rings. The van der Waals surface area contributed by atoms with Crippen molar-refractivity contribution in [3.8, 4) is 0 Å². The van der Waals surface area contributed by atoms with Gasteiger partial charge in [-0.15, -0.1) is 13.1 Å². The third kappa shape index (κ3) is 5.33. The standard InChI is InChI=1S/C7H13N2O.K/c1-6(10)9-7-3-2-4-8-5-7;/h7H,2-5H2,1H3,(H,9,10);/q-1;+1. The minimum absolute atomic E-state index is 0. The third-order valence-electron chi connectivity index (χ3n) is 1.63. The van der Waals surface area contributed by atoms with Gasteiger partial charge in [0.15, 0.2) is 0 Å². The summed E-state index contributed by atoms with van der Waals surface area (Å²) in [4.78, 5) is 10.6. The zero-order valence-electron chi connectivity index (χ0n) is 7.26. The number of carbonyl (C=O) groups excluding carboxylic acids is 1. The Morgan fingerprint density at radius 1 is 1.64 bits per heavy atom. The first-order chi connectivity index (χ1) is 4.79. The molecule has 1 atom stereocenters. The molecule has 0 spiro atoms. The number of nitrogens with zero attached hydrogens (tertiary/aromatic N) is 1. The summed E-state index contributed by atoms with van der Waals surface area (Å²) in [5.41, 5.74) is 0. The summed E-state index contributed by atoms with van der Waals surface area (Å²) in [7, 11) is 0. The van der Waals surface area contributed by atoms with E-state index in [0.29, 0.717) is 6.04 Å². The van der Waals surface area contributed by atoms with E-state index in [4.69, 9.17) is 0 Å². The maximum Gasteiger partial charge on any atom is 1.00 e. The van der Waals surface area contributed by atoms with Crippen molar-refractivity contribution >= 4 is 5.91 Å². The van der Waals surface area contributed by atoms with Crippen molar-refractivity contribution in [3.05, 3.63) is 5.32 Å². The Labute approximate surface area is 110 Å². The van der Waals surface area contributed by atoms with Gasteiger partial charge >= 0.3 is 51.4 Å². The van der Waals surface area contributed by atoms with Crippen molar-refractivity contribution < 1.29 is 56.2 Å². The van der Waals surface area contributed by atoms with E-state index in [9.17, 15) is 4.79 Å². The van der Waals surface area contributed by atoms with Gasteiger partial charge in [0.05, 0.1) is 0 Å². The Morgan fingerprint density at radius 3 is 2.82 bits per heavy atom. The van der Waals surface area contributed by atoms with E-state index in [2.05, 4.69) is 10.6 Å². The SMILES string of the molecule is CC(=O)NC1CCC[N-]C1.[K+]. The topological polar surface area (TPSA) is 43.2 Å². The Kier molecular flexibility index (Phi) is 7.20. The van der Waals surface area contributed by atoms with Gasteiger partial charge in [0.1, 0.15) is 0 Å². The molecule has 1 unspecified atom stereocenters. The minimum Gasteiger partial charge on any atom is -0.661 e. The molecular formula is C7H13KN2O. The molecule has 3 nitrogen and oxygen atoms in total. The average molecular weight is 180 g/mol. The zero-order valence-corrected chi connectivity index (χ0v) is 10.4. The number of hydrogen-bond acceptors (Lipinski definition) is 1. The van der Waals surface area contributed by atoms with Crippen LogP contribution in [0.2, 0.25) is 0 Å². The molecule has 0 bridgehead atoms. The van der Waals surface area contributed by atoms with E-state index in [0.717, 1.165) is 25.9 Å². The molecule has 0 aliphatic carbocycles. The number of nitrogens with one attached hydrogen (secondary N) is 1. The Morgan fingerprint density at radius 2 is 2.36 bits per heavy atom. The second-order valence-electron chi connectivity index (χ2n) is 2.67. The summed E-state index contributed by atoms with van der Waals surface area (Å²) < 4.78 is 0. The van der Waals surface area contributed by atoms with Crippen molar-refractivity contribution in [2.75, 3.05) is 13.1 Å². The van der Waals surface area contributed by atoms with E-state index >= 15 is 0 Å². The van der Waals surface area contributed by atoms with Crippen LogP contribution < -0.4 is 56.7 Å². The largest absolute Gasteiger partial charge is 1.00 e. The van der Waals surface area contributed by atoms with Gasteiger partial charge in [-0.2, -0.15) is 0 Å². The molecule has 0 aromatic heterocycles. The molecule has 11 heavy (non-hydrogen) atoms. The third-order valence-corrected chi connectivity index (χ3v) is 1.63. The molecule has 0 aromatic carbocycles. The van der Waals surface area contributed by atoms with Gasteiger partial charge in [0, 0.05) is 13.0 Å². The van der Waals surface area contributed by atoms with Gasteiger partial charge in [-0.1, -0.05) is 6.42 Å². The van der Waals surface area contributed by atoms with Gasteiger partial charge < -0.3 is 10.6 Å². The van der Waals surface area contributed by atoms with Crippen molar-refractivity contribution in [2.24, 2.45) is 0 Å². The zero-order chi connectivity index (χ0) is 7.40. The van der Waals surface area contributed by atoms with E-state index in [1.807, 2.05) is 0 Å². The van der Waals surface area contributed by atoms with Crippen molar-refractivity contribution in [2.45, 2.75) is 25.8 Å². The van der Waals surface area contributed by atoms with E-state index in [1.54, 1.807) is 6.92 Å². The molecule has 1 amide bonds. The summed E-state index contributed by atoms with van der Waals surface area (Å²) in [6.45, 7) is 3.32. The molecule has 1 rings (SSSR count). The molecule has 1 heterocycles. The number of rotatable bonds is 1. The minimum atomic E-state index is 0. The van der Waals surface area contributed by atoms with Crippen LogP contribution in [0.25, 0.3) is 5.32 Å². The fourth-order valence-corrected chi connectivity index (χ4v) is 1.19. The second kappa shape index (κ2) is 6.57. The van der Waals surface area contributed by atoms with Crippen LogP contribution >= 0.6 is 0 Å². The molecule has 4 heteroatoms. The van der Waals surface area contributed by atoms with Crippen molar-refractivity contribution in [1.29, 1.82) is 0 Å². The fourth-order valence-electron chi connectivity index (χ4n) is 1.19. The van der Waals surface area contributed by atoms with Gasteiger partial charge in [0.25, 0.3) is 0 Å². The van der Waals surface area contributed by atoms with Crippen molar-refractivity contribution in [1.82, 2.24) is 5.32 Å². The second-order valence-corrected chi connectivity index (χ2v) is 2.67. The van der Waals surface area contributed by atoms with Crippen LogP contribution in [0.3, 0.4) is 0 Å². The number of carbonyl (C=O) groups is 1. The summed E-state index contributed by atoms with van der Waals surface area (Å²) >= 11 is 0. The van der Waals surface area contributed by atoms with Crippen LogP contribution in [-0.4, -0.2) is 25.0 Å². The van der Waals surface area contributed by atoms with Crippen LogP contribution in [0.1, 0.15) is 19.8 Å². The number of amides is 1. The Bertz CT molecular complexity index is 124. The summed E-state index contributed by atoms with van der Waals surface area (Å²) in [6.07, 6.45) is 2.20. The first kappa shape index (κ1) is 12.1. The predicted octanol–water partition coefficient (Wildman–Crippen LogP) is -2.34. The van der Waals surface area contributed by atoms with Crippen LogP contribution in [0.5, 0.6) is 0 Å². The molecular weight excluding hydrogens is 167 g/mol. The molecule has 1 aliphatic rings. The normalized spacial score (nSPS) is 23.5. The van der Waals surface area contributed by atoms with Crippen LogP contribution in [0.4, 0.5) is 0 Å². The molecule has 1 fully saturated rings. The molecule has 58 valence electrons. The van der Waals surface area contributed by atoms with Crippen LogP contribution in [-0.2, 0) is 4.79 Å². The maximum absolute atomic E-state index is 10.6. The van der Waals surface area contributed by atoms with E-state index in [-0.39, 0.29) is 57.3 Å². The molecule has 0 saturated carbocycles. The smallest absolute Gasteiger partial charge is 0.661 e. The summed E-state index contributed by atoms with van der Waals surface area (Å²) in [5, 5.41) is 7.05. The Balaban J connectivity index is 0.000001000. The summed E-state index contributed by atoms with van der Waals surface area (Å²) in [6, 6.07) is 0.311. The monoisotopic (exact) mass is 180 g/mol. The van der Waals surface area contributed by atoms with Crippen LogP contribution in [0.15, 0.2) is 0 Å². The first-order valence-electron chi connectivity index (χ1n) is 3.69. The average Bonchev–Trinajstić information content (AvgIpc) is 1.88. The fraction of sp³-hybridized carbons (Fsp3) is 0.857. The molecule has 0 radical (unpaired) electrons. The molecule has 1 aliphatic heterocycles. The number of hydrogen-bond donors (Lipinski definition) is 1. The summed E-state index contributed by atoms with van der Waals surface area (Å²) in [5.74, 6) is 0.0575. The van der Waals surface area contributed by atoms with Gasteiger partial charge in [-0.05, 0) is 6.42 Å². The van der Waals surface area contributed by atoms with Gasteiger partial charge in [-0.3, -0.25) is 4.79 Å². The Hall–Kier alpha value is 1.07. The van der Waals surface area contributed by atoms with E-state index < -0.39 is 0 Å². The molecule has 1 saturated heterocycles. The predicted molar refractivity (Wildman–Crippen MR) is 39.9 cm³/mol. The molecule has 1 N–H and O–H groups in total. The van der Waals surface area contributed by atoms with E-state index in [1.165, 1.54) is 0 Å². The van der Waals surface area contributed by atoms with Gasteiger partial charge in [-0.25, -0.2) is 0 Å². The number of piperidine rings is 1. The van der Waals surface area contributed by atoms with Crippen LogP contribution in [0, 0.1) is 0 Å².